The summed E-state index contributed by atoms with van der Waals surface area (Å²) in [5, 5.41) is 11.6. The summed E-state index contributed by atoms with van der Waals surface area (Å²) in [4.78, 5) is 52.0. The monoisotopic (exact) mass is 675 g/mol. The summed E-state index contributed by atoms with van der Waals surface area (Å²) in [5.74, 6) is 2.03. The molecule has 1 amide bonds. The van der Waals surface area contributed by atoms with Crippen LogP contribution in [-0.4, -0.2) is 45.8 Å². The van der Waals surface area contributed by atoms with E-state index in [0.717, 1.165) is 76.1 Å². The van der Waals surface area contributed by atoms with E-state index in [1.807, 2.05) is 0 Å². The van der Waals surface area contributed by atoms with E-state index in [0.29, 0.717) is 30.1 Å². The molecular weight excluding hydrogens is 618 g/mol. The molecule has 8 atom stereocenters. The number of Topliss-reactive ketones (excluding diaryl/α,β-unsaturated/α-hetero) is 1. The molecule has 0 bridgehead atoms. The maximum Gasteiger partial charge on any atom is 0.309 e. The highest BCUT2D eigenvalue weighted by molar-refractivity contribution is 6.03. The zero-order valence-electron chi connectivity index (χ0n) is 30.9. The average Bonchev–Trinajstić information content (AvgIpc) is 3.65. The van der Waals surface area contributed by atoms with E-state index in [9.17, 15) is 19.2 Å². The lowest BCUT2D eigenvalue weighted by molar-refractivity contribution is -0.213. The molecule has 1 N–H and O–H groups in total. The first kappa shape index (κ1) is 34.6. The van der Waals surface area contributed by atoms with E-state index in [4.69, 9.17) is 9.15 Å². The number of nitrogens with zero attached hydrogens (tertiary/aromatic N) is 2. The van der Waals surface area contributed by atoms with Gasteiger partial charge in [-0.15, -0.1) is 10.2 Å². The highest BCUT2D eigenvalue weighted by atomic mass is 16.5. The fraction of sp³-hybridized carbons (Fsp3) is 0.800. The third-order valence-electron chi connectivity index (χ3n) is 14.6. The molecule has 268 valence electrons. The third-order valence-corrected chi connectivity index (χ3v) is 14.6. The summed E-state index contributed by atoms with van der Waals surface area (Å²) in [6.45, 7) is 17.4. The molecule has 9 nitrogen and oxygen atoms in total. The van der Waals surface area contributed by atoms with Crippen molar-refractivity contribution in [3.8, 4) is 0 Å². The fourth-order valence-corrected chi connectivity index (χ4v) is 12.3. The van der Waals surface area contributed by atoms with Gasteiger partial charge in [0.25, 0.3) is 0 Å². The van der Waals surface area contributed by atoms with Gasteiger partial charge >= 0.3 is 17.8 Å². The number of ether oxygens (including phenoxy) is 1. The number of ketones is 1. The van der Waals surface area contributed by atoms with Gasteiger partial charge in [-0.2, -0.15) is 0 Å². The topological polar surface area (TPSA) is 128 Å². The predicted molar refractivity (Wildman–Crippen MR) is 183 cm³/mol. The molecule has 0 aliphatic heterocycles. The zero-order chi connectivity index (χ0) is 35.3. The number of hydrogen-bond acceptors (Lipinski definition) is 8. The second-order valence-corrected chi connectivity index (χ2v) is 18.9. The van der Waals surface area contributed by atoms with Crippen molar-refractivity contribution in [2.75, 3.05) is 0 Å². The summed E-state index contributed by atoms with van der Waals surface area (Å²) < 4.78 is 12.0. The van der Waals surface area contributed by atoms with Gasteiger partial charge in [-0.05, 0) is 116 Å². The quantitative estimate of drug-likeness (QED) is 0.221. The first-order chi connectivity index (χ1) is 23.0. The van der Waals surface area contributed by atoms with Crippen molar-refractivity contribution in [1.29, 1.82) is 0 Å². The molecule has 5 saturated carbocycles. The largest absolute Gasteiger partial charge is 0.462 e. The average molecular weight is 676 g/mol. The molecule has 9 heteroatoms. The van der Waals surface area contributed by atoms with E-state index in [-0.39, 0.29) is 70.1 Å². The highest BCUT2D eigenvalue weighted by Crippen LogP contribution is 2.72. The summed E-state index contributed by atoms with van der Waals surface area (Å²) in [6, 6.07) is 0. The van der Waals surface area contributed by atoms with Crippen LogP contribution >= 0.6 is 0 Å². The van der Waals surface area contributed by atoms with E-state index in [2.05, 4.69) is 57.1 Å². The standard InChI is InChI=1S/C40H57N3O6/c1-22(2)31-26(45)19-40(41-33(47)35-43-42-34(49-35)23-9-10-23)18-13-25-24(32(31)40)11-12-28-38(25,7)16-14-27-37(5,6)29(15-17-39(27,28)8)48-30(46)20-36(3,4)21-44/h21-25,27-29H,9-20H2,1-8H3,(H,41,47). The summed E-state index contributed by atoms with van der Waals surface area (Å²) in [7, 11) is 0. The van der Waals surface area contributed by atoms with Crippen LogP contribution in [0.1, 0.15) is 155 Å². The number of esters is 1. The van der Waals surface area contributed by atoms with Crippen molar-refractivity contribution < 1.29 is 28.3 Å². The number of fused-ring (bicyclic) bond motifs is 7. The number of rotatable bonds is 8. The lowest BCUT2D eigenvalue weighted by atomic mass is 9.37. The number of allylic oxidation sites excluding steroid dienone is 1. The zero-order valence-corrected chi connectivity index (χ0v) is 30.9. The van der Waals surface area contributed by atoms with Crippen molar-refractivity contribution in [2.24, 2.45) is 51.2 Å². The smallest absolute Gasteiger partial charge is 0.309 e. The van der Waals surface area contributed by atoms with Gasteiger partial charge < -0.3 is 19.3 Å². The van der Waals surface area contributed by atoms with Crippen LogP contribution in [0.3, 0.4) is 0 Å². The van der Waals surface area contributed by atoms with Crippen molar-refractivity contribution in [3.63, 3.8) is 0 Å². The van der Waals surface area contributed by atoms with Crippen LogP contribution in [0, 0.1) is 51.2 Å². The molecule has 1 heterocycles. The van der Waals surface area contributed by atoms with Crippen LogP contribution < -0.4 is 5.32 Å². The second kappa shape index (κ2) is 11.6. The minimum atomic E-state index is -0.725. The van der Waals surface area contributed by atoms with Gasteiger partial charge in [0, 0.05) is 23.2 Å². The lowest BCUT2D eigenvalue weighted by Crippen LogP contribution is -2.64. The minimum absolute atomic E-state index is 0.00135. The molecule has 49 heavy (non-hydrogen) atoms. The number of hydrogen-bond donors (Lipinski definition) is 1. The number of amides is 1. The number of nitrogens with one attached hydrogen (secondary N) is 1. The van der Waals surface area contributed by atoms with Crippen LogP contribution in [-0.2, 0) is 19.1 Å². The first-order valence-corrected chi connectivity index (χ1v) is 19.1. The van der Waals surface area contributed by atoms with Crippen LogP contribution in [0.2, 0.25) is 0 Å². The molecule has 6 aliphatic rings. The predicted octanol–water partition coefficient (Wildman–Crippen LogP) is 7.55. The second-order valence-electron chi connectivity index (χ2n) is 18.9. The van der Waals surface area contributed by atoms with Crippen molar-refractivity contribution in [1.82, 2.24) is 15.5 Å². The molecule has 1 aromatic rings. The molecule has 0 saturated heterocycles. The van der Waals surface area contributed by atoms with E-state index in [1.165, 1.54) is 5.57 Å². The minimum Gasteiger partial charge on any atom is -0.462 e. The van der Waals surface area contributed by atoms with Gasteiger partial charge in [-0.3, -0.25) is 14.4 Å². The Bertz CT molecular complexity index is 1590. The number of aromatic nitrogens is 2. The van der Waals surface area contributed by atoms with Gasteiger partial charge in [0.2, 0.25) is 5.89 Å². The first-order valence-electron chi connectivity index (χ1n) is 19.1. The number of aldehydes is 1. The molecule has 0 aromatic carbocycles. The highest BCUT2D eigenvalue weighted by Gasteiger charge is 2.67. The van der Waals surface area contributed by atoms with Crippen LogP contribution in [0.4, 0.5) is 0 Å². The Balaban J connectivity index is 1.15. The van der Waals surface area contributed by atoms with Crippen molar-refractivity contribution in [3.05, 3.63) is 22.9 Å². The van der Waals surface area contributed by atoms with Crippen molar-refractivity contribution >= 4 is 23.9 Å². The Hall–Kier alpha value is -2.84. The molecule has 0 radical (unpaired) electrons. The van der Waals surface area contributed by atoms with E-state index in [1.54, 1.807) is 13.8 Å². The number of carbonyl (C=O) groups excluding carboxylic acids is 4. The van der Waals surface area contributed by atoms with Crippen molar-refractivity contribution in [2.45, 2.75) is 150 Å². The fourth-order valence-electron chi connectivity index (χ4n) is 12.3. The van der Waals surface area contributed by atoms with Gasteiger partial charge in [0.1, 0.15) is 12.4 Å². The maximum atomic E-state index is 13.8. The Labute approximate surface area is 291 Å². The van der Waals surface area contributed by atoms with Crippen LogP contribution in [0.5, 0.6) is 0 Å². The Kier molecular flexibility index (Phi) is 8.19. The summed E-state index contributed by atoms with van der Waals surface area (Å²) >= 11 is 0. The van der Waals surface area contributed by atoms with E-state index >= 15 is 0 Å². The molecule has 5 fully saturated rings. The Morgan fingerprint density at radius 3 is 2.35 bits per heavy atom. The maximum absolute atomic E-state index is 13.8. The molecule has 7 rings (SSSR count). The molecule has 0 spiro atoms. The third kappa shape index (κ3) is 5.46. The lowest BCUT2D eigenvalue weighted by Gasteiger charge is -2.68. The number of carbonyl (C=O) groups is 4. The van der Waals surface area contributed by atoms with Gasteiger partial charge in [-0.25, -0.2) is 0 Å². The van der Waals surface area contributed by atoms with Gasteiger partial charge in [0.05, 0.1) is 12.0 Å². The Morgan fingerprint density at radius 1 is 0.959 bits per heavy atom. The Morgan fingerprint density at radius 2 is 1.67 bits per heavy atom. The van der Waals surface area contributed by atoms with E-state index < -0.39 is 11.0 Å². The summed E-state index contributed by atoms with van der Waals surface area (Å²) in [6.07, 6.45) is 10.9. The van der Waals surface area contributed by atoms with Crippen LogP contribution in [0.15, 0.2) is 15.6 Å². The van der Waals surface area contributed by atoms with Gasteiger partial charge in [-0.1, -0.05) is 55.4 Å². The SMILES string of the molecule is CC(C)C1=C2C3CCC4C(C)(CCC5C(C)(C)C(OC(=O)CC(C)(C)C=O)CCC54C)C3CCC2(NC(=O)c2nnc(C3CC3)o2)CC1=O. The molecule has 1 aromatic heterocycles. The summed E-state index contributed by atoms with van der Waals surface area (Å²) in [5.41, 5.74) is 0.727. The van der Waals surface area contributed by atoms with Crippen LogP contribution in [0.25, 0.3) is 0 Å². The molecule has 8 unspecified atom stereocenters. The molecular formula is C40H57N3O6. The normalized spacial score (nSPS) is 38.3. The molecule has 6 aliphatic carbocycles. The van der Waals surface area contributed by atoms with Gasteiger partial charge in [0.15, 0.2) is 5.78 Å².